The molecule has 1 aliphatic heterocycles. The van der Waals surface area contributed by atoms with Gasteiger partial charge in [-0.05, 0) is 43.0 Å². The lowest BCUT2D eigenvalue weighted by Gasteiger charge is -2.31. The molecule has 1 atom stereocenters. The Labute approximate surface area is 154 Å². The number of rotatable bonds is 5. The number of piperidine rings is 1. The molecule has 2 aromatic rings. The molecule has 1 aliphatic rings. The lowest BCUT2D eigenvalue weighted by molar-refractivity contribution is 0.102. The molecule has 3 rings (SSSR count). The Hall–Kier alpha value is -2.76. The average Bonchev–Trinajstić information content (AvgIpc) is 2.68. The van der Waals surface area contributed by atoms with E-state index in [9.17, 15) is 4.79 Å². The van der Waals surface area contributed by atoms with Crippen LogP contribution in [0.5, 0.6) is 11.5 Å². The zero-order valence-electron chi connectivity index (χ0n) is 15.5. The number of nitrogens with zero attached hydrogens (tertiary/aromatic N) is 2. The SMILES string of the molecule is COc1ccc(NC(=O)c2ccc(N3CCCC(C)C3)nc2)cc1OC. The van der Waals surface area contributed by atoms with Gasteiger partial charge in [0.1, 0.15) is 5.82 Å². The minimum absolute atomic E-state index is 0.205. The first-order valence-corrected chi connectivity index (χ1v) is 8.85. The summed E-state index contributed by atoms with van der Waals surface area (Å²) in [6.07, 6.45) is 4.08. The van der Waals surface area contributed by atoms with Crippen LogP contribution in [0.1, 0.15) is 30.1 Å². The highest BCUT2D eigenvalue weighted by Crippen LogP contribution is 2.30. The Morgan fingerprint density at radius 3 is 2.65 bits per heavy atom. The molecule has 1 N–H and O–H groups in total. The third-order valence-electron chi connectivity index (χ3n) is 4.63. The monoisotopic (exact) mass is 355 g/mol. The third kappa shape index (κ3) is 4.07. The average molecular weight is 355 g/mol. The van der Waals surface area contributed by atoms with Crippen LogP contribution in [0.2, 0.25) is 0 Å². The van der Waals surface area contributed by atoms with Crippen LogP contribution in [0.15, 0.2) is 36.5 Å². The Bertz CT molecular complexity index is 761. The van der Waals surface area contributed by atoms with E-state index in [1.54, 1.807) is 38.6 Å². The second-order valence-electron chi connectivity index (χ2n) is 6.62. The molecule has 1 amide bonds. The number of hydrogen-bond donors (Lipinski definition) is 1. The van der Waals surface area contributed by atoms with E-state index in [4.69, 9.17) is 9.47 Å². The number of hydrogen-bond acceptors (Lipinski definition) is 5. The number of nitrogens with one attached hydrogen (secondary N) is 1. The maximum absolute atomic E-state index is 12.5. The van der Waals surface area contributed by atoms with Gasteiger partial charge in [0.05, 0.1) is 19.8 Å². The predicted octanol–water partition coefficient (Wildman–Crippen LogP) is 3.59. The summed E-state index contributed by atoms with van der Waals surface area (Å²) in [5.74, 6) is 2.59. The van der Waals surface area contributed by atoms with Crippen LogP contribution in [0, 0.1) is 5.92 Å². The molecule has 0 spiro atoms. The van der Waals surface area contributed by atoms with E-state index in [0.717, 1.165) is 18.9 Å². The van der Waals surface area contributed by atoms with Gasteiger partial charge in [-0.25, -0.2) is 4.98 Å². The first kappa shape index (κ1) is 18.0. The summed E-state index contributed by atoms with van der Waals surface area (Å²) in [5, 5.41) is 2.86. The van der Waals surface area contributed by atoms with Gasteiger partial charge in [0.2, 0.25) is 0 Å². The molecular formula is C20H25N3O3. The van der Waals surface area contributed by atoms with Crippen molar-refractivity contribution in [3.05, 3.63) is 42.1 Å². The van der Waals surface area contributed by atoms with E-state index in [2.05, 4.69) is 22.1 Å². The molecule has 2 heterocycles. The molecule has 138 valence electrons. The quantitative estimate of drug-likeness (QED) is 0.888. The molecule has 6 heteroatoms. The summed E-state index contributed by atoms with van der Waals surface area (Å²) >= 11 is 0. The Kier molecular flexibility index (Phi) is 5.61. The number of anilines is 2. The number of benzene rings is 1. The first-order valence-electron chi connectivity index (χ1n) is 8.85. The van der Waals surface area contributed by atoms with Crippen molar-refractivity contribution < 1.29 is 14.3 Å². The standard InChI is InChI=1S/C20H25N3O3/c1-14-5-4-10-23(13-14)19-9-6-15(12-21-19)20(24)22-16-7-8-17(25-2)18(11-16)26-3/h6-9,11-12,14H,4-5,10,13H2,1-3H3,(H,22,24). The molecule has 1 aromatic carbocycles. The maximum Gasteiger partial charge on any atom is 0.257 e. The smallest absolute Gasteiger partial charge is 0.257 e. The van der Waals surface area contributed by atoms with E-state index >= 15 is 0 Å². The highest BCUT2D eigenvalue weighted by molar-refractivity contribution is 6.04. The maximum atomic E-state index is 12.5. The largest absolute Gasteiger partial charge is 0.493 e. The van der Waals surface area contributed by atoms with Gasteiger partial charge in [-0.1, -0.05) is 6.92 Å². The summed E-state index contributed by atoms with van der Waals surface area (Å²) in [5.41, 5.74) is 1.16. The highest BCUT2D eigenvalue weighted by atomic mass is 16.5. The number of pyridine rings is 1. The summed E-state index contributed by atoms with van der Waals surface area (Å²) in [6, 6.07) is 9.00. The van der Waals surface area contributed by atoms with E-state index in [-0.39, 0.29) is 5.91 Å². The predicted molar refractivity (Wildman–Crippen MR) is 102 cm³/mol. The molecule has 1 unspecified atom stereocenters. The topological polar surface area (TPSA) is 63.7 Å². The van der Waals surface area contributed by atoms with E-state index < -0.39 is 0 Å². The van der Waals surface area contributed by atoms with E-state index in [1.165, 1.54) is 12.8 Å². The van der Waals surface area contributed by atoms with Crippen molar-refractivity contribution in [2.24, 2.45) is 5.92 Å². The van der Waals surface area contributed by atoms with Crippen molar-refractivity contribution in [2.75, 3.05) is 37.5 Å². The van der Waals surface area contributed by atoms with Crippen LogP contribution in [0.4, 0.5) is 11.5 Å². The third-order valence-corrected chi connectivity index (χ3v) is 4.63. The summed E-state index contributed by atoms with van der Waals surface area (Å²) in [6.45, 7) is 4.30. The molecule has 0 aliphatic carbocycles. The molecule has 6 nitrogen and oxygen atoms in total. The van der Waals surface area contributed by atoms with Crippen LogP contribution < -0.4 is 19.7 Å². The van der Waals surface area contributed by atoms with Gasteiger partial charge in [0.25, 0.3) is 5.91 Å². The molecule has 0 radical (unpaired) electrons. The van der Waals surface area contributed by atoms with Crippen molar-refractivity contribution in [3.63, 3.8) is 0 Å². The van der Waals surface area contributed by atoms with Gasteiger partial charge in [0.15, 0.2) is 11.5 Å². The number of carbonyl (C=O) groups is 1. The minimum Gasteiger partial charge on any atom is -0.493 e. The van der Waals surface area contributed by atoms with Gasteiger partial charge in [0, 0.05) is 31.0 Å². The lowest BCUT2D eigenvalue weighted by Crippen LogP contribution is -2.34. The molecular weight excluding hydrogens is 330 g/mol. The number of methoxy groups -OCH3 is 2. The van der Waals surface area contributed by atoms with Crippen LogP contribution in [-0.2, 0) is 0 Å². The summed E-state index contributed by atoms with van der Waals surface area (Å²) < 4.78 is 10.5. The van der Waals surface area contributed by atoms with Crippen LogP contribution in [0.25, 0.3) is 0 Å². The fourth-order valence-corrected chi connectivity index (χ4v) is 3.22. The number of ether oxygens (including phenoxy) is 2. The molecule has 0 bridgehead atoms. The molecule has 26 heavy (non-hydrogen) atoms. The van der Waals surface area contributed by atoms with E-state index in [0.29, 0.717) is 28.7 Å². The van der Waals surface area contributed by atoms with Gasteiger partial charge in [-0.3, -0.25) is 4.79 Å². The molecule has 0 saturated carbocycles. The molecule has 1 aromatic heterocycles. The Morgan fingerprint density at radius 1 is 1.19 bits per heavy atom. The number of carbonyl (C=O) groups excluding carboxylic acids is 1. The molecule has 1 saturated heterocycles. The number of aromatic nitrogens is 1. The second kappa shape index (κ2) is 8.08. The van der Waals surface area contributed by atoms with Crippen molar-refractivity contribution >= 4 is 17.4 Å². The van der Waals surface area contributed by atoms with Crippen LogP contribution >= 0.6 is 0 Å². The van der Waals surface area contributed by atoms with Gasteiger partial charge < -0.3 is 19.7 Å². The second-order valence-corrected chi connectivity index (χ2v) is 6.62. The van der Waals surface area contributed by atoms with Gasteiger partial charge in [-0.15, -0.1) is 0 Å². The normalized spacial score (nSPS) is 16.9. The zero-order chi connectivity index (χ0) is 18.5. The Morgan fingerprint density at radius 2 is 2.00 bits per heavy atom. The minimum atomic E-state index is -0.205. The van der Waals surface area contributed by atoms with E-state index in [1.807, 2.05) is 12.1 Å². The number of amides is 1. The van der Waals surface area contributed by atoms with Gasteiger partial charge in [-0.2, -0.15) is 0 Å². The van der Waals surface area contributed by atoms with Crippen molar-refractivity contribution in [2.45, 2.75) is 19.8 Å². The van der Waals surface area contributed by atoms with Crippen molar-refractivity contribution in [3.8, 4) is 11.5 Å². The fourth-order valence-electron chi connectivity index (χ4n) is 3.22. The van der Waals surface area contributed by atoms with Crippen molar-refractivity contribution in [1.82, 2.24) is 4.98 Å². The van der Waals surface area contributed by atoms with Crippen LogP contribution in [0.3, 0.4) is 0 Å². The lowest BCUT2D eigenvalue weighted by atomic mass is 10.0. The zero-order valence-corrected chi connectivity index (χ0v) is 15.5. The van der Waals surface area contributed by atoms with Gasteiger partial charge >= 0.3 is 0 Å². The van der Waals surface area contributed by atoms with Crippen LogP contribution in [-0.4, -0.2) is 38.2 Å². The fraction of sp³-hybridized carbons (Fsp3) is 0.400. The highest BCUT2D eigenvalue weighted by Gasteiger charge is 2.18. The summed E-state index contributed by atoms with van der Waals surface area (Å²) in [4.78, 5) is 19.2. The summed E-state index contributed by atoms with van der Waals surface area (Å²) in [7, 11) is 3.14. The molecule has 1 fully saturated rings. The Balaban J connectivity index is 1.68. The first-order chi connectivity index (χ1) is 12.6. The van der Waals surface area contributed by atoms with Crippen molar-refractivity contribution in [1.29, 1.82) is 0 Å².